The first-order valence-corrected chi connectivity index (χ1v) is 14.1. The van der Waals surface area contributed by atoms with Gasteiger partial charge in [0.1, 0.15) is 0 Å². The standard InChI is InChI=1S/C28H34F3N5O2S/c1-37-13-7-19-5-9-35(10-6-19)18-22-17-24-25(39-22)27(36-11-14-38-15-12-36)34-26(33-24)23-16-21(28(29,30)31)3-2-20(23)4-8-32/h2-4,8,16-17,19H,5-7,9-15,18,32H2,1H3/b8-4-. The van der Waals surface area contributed by atoms with Crippen molar-refractivity contribution in [2.75, 3.05) is 58.0 Å². The van der Waals surface area contributed by atoms with Gasteiger partial charge < -0.3 is 20.1 Å². The Balaban J connectivity index is 1.50. The molecule has 2 aliphatic heterocycles. The predicted octanol–water partition coefficient (Wildman–Crippen LogP) is 5.39. The van der Waals surface area contributed by atoms with E-state index in [1.807, 2.05) is 0 Å². The van der Waals surface area contributed by atoms with E-state index >= 15 is 0 Å². The number of benzene rings is 1. The number of ether oxygens (including phenoxy) is 2. The molecule has 0 saturated carbocycles. The van der Waals surface area contributed by atoms with Crippen LogP contribution in [0.3, 0.4) is 0 Å². The minimum atomic E-state index is -4.48. The van der Waals surface area contributed by atoms with Crippen LogP contribution in [0.4, 0.5) is 19.0 Å². The molecule has 39 heavy (non-hydrogen) atoms. The van der Waals surface area contributed by atoms with Gasteiger partial charge in [0.05, 0.1) is 29.0 Å². The van der Waals surface area contributed by atoms with Gasteiger partial charge >= 0.3 is 6.18 Å². The van der Waals surface area contributed by atoms with Gasteiger partial charge in [-0.05, 0) is 74.3 Å². The third-order valence-corrected chi connectivity index (χ3v) is 8.53. The Labute approximate surface area is 230 Å². The molecule has 2 saturated heterocycles. The lowest BCUT2D eigenvalue weighted by atomic mass is 9.94. The zero-order valence-electron chi connectivity index (χ0n) is 22.0. The first kappa shape index (κ1) is 27.8. The Morgan fingerprint density at radius 2 is 1.90 bits per heavy atom. The highest BCUT2D eigenvalue weighted by atomic mass is 32.1. The van der Waals surface area contributed by atoms with Gasteiger partial charge in [0.15, 0.2) is 11.6 Å². The number of hydrogen-bond acceptors (Lipinski definition) is 8. The summed E-state index contributed by atoms with van der Waals surface area (Å²) in [6, 6.07) is 5.65. The van der Waals surface area contributed by atoms with E-state index in [1.54, 1.807) is 24.5 Å². The number of piperidine rings is 1. The largest absolute Gasteiger partial charge is 0.416 e. The van der Waals surface area contributed by atoms with Crippen LogP contribution in [-0.2, 0) is 22.2 Å². The molecule has 0 amide bonds. The number of hydrogen-bond donors (Lipinski definition) is 1. The molecule has 0 unspecified atom stereocenters. The number of halogens is 3. The summed E-state index contributed by atoms with van der Waals surface area (Å²) in [6.07, 6.45) is 1.82. The molecule has 0 bridgehead atoms. The topological polar surface area (TPSA) is 76.7 Å². The van der Waals surface area contributed by atoms with Crippen molar-refractivity contribution in [3.05, 3.63) is 46.5 Å². The number of anilines is 1. The lowest BCUT2D eigenvalue weighted by Gasteiger charge is -2.31. The van der Waals surface area contributed by atoms with Crippen molar-refractivity contribution in [2.24, 2.45) is 11.7 Å². The number of alkyl halides is 3. The van der Waals surface area contributed by atoms with Crippen LogP contribution in [0.25, 0.3) is 27.7 Å². The lowest BCUT2D eigenvalue weighted by molar-refractivity contribution is -0.137. The fourth-order valence-corrected chi connectivity index (χ4v) is 6.42. The second-order valence-corrected chi connectivity index (χ2v) is 11.2. The van der Waals surface area contributed by atoms with Crippen LogP contribution < -0.4 is 10.6 Å². The highest BCUT2D eigenvalue weighted by molar-refractivity contribution is 7.19. The van der Waals surface area contributed by atoms with Crippen LogP contribution >= 0.6 is 11.3 Å². The Bertz CT molecular complexity index is 1300. The molecule has 0 atom stereocenters. The maximum atomic E-state index is 13.6. The first-order valence-electron chi connectivity index (χ1n) is 13.3. The summed E-state index contributed by atoms with van der Waals surface area (Å²) in [5, 5.41) is 0. The number of morpholine rings is 1. The average molecular weight is 562 g/mol. The van der Waals surface area contributed by atoms with Gasteiger partial charge in [0, 0.05) is 43.8 Å². The van der Waals surface area contributed by atoms with Crippen LogP contribution in [0, 0.1) is 5.92 Å². The zero-order valence-corrected chi connectivity index (χ0v) is 22.9. The molecule has 5 rings (SSSR count). The molecule has 0 spiro atoms. The number of thiophene rings is 1. The first-order chi connectivity index (χ1) is 18.9. The van der Waals surface area contributed by atoms with Crippen molar-refractivity contribution >= 4 is 33.4 Å². The summed E-state index contributed by atoms with van der Waals surface area (Å²) in [7, 11) is 1.75. The second-order valence-electron chi connectivity index (χ2n) is 10.1. The summed E-state index contributed by atoms with van der Waals surface area (Å²) >= 11 is 1.67. The molecule has 4 heterocycles. The van der Waals surface area contributed by atoms with Gasteiger partial charge in [-0.3, -0.25) is 4.90 Å². The van der Waals surface area contributed by atoms with Crippen molar-refractivity contribution in [2.45, 2.75) is 32.0 Å². The average Bonchev–Trinajstić information content (AvgIpc) is 3.34. The van der Waals surface area contributed by atoms with Crippen molar-refractivity contribution in [1.29, 1.82) is 0 Å². The summed E-state index contributed by atoms with van der Waals surface area (Å²) in [5.41, 5.74) is 6.45. The van der Waals surface area contributed by atoms with Crippen LogP contribution in [0.1, 0.15) is 35.3 Å². The SMILES string of the molecule is COCCC1CCN(Cc2cc3nc(-c4cc(C(F)(F)F)ccc4/C=C\N)nc(N4CCOCC4)c3s2)CC1. The number of nitrogens with zero attached hydrogens (tertiary/aromatic N) is 4. The van der Waals surface area contributed by atoms with E-state index in [9.17, 15) is 13.2 Å². The van der Waals surface area contributed by atoms with Gasteiger partial charge in [-0.2, -0.15) is 13.2 Å². The number of fused-ring (bicyclic) bond motifs is 1. The molecule has 1 aromatic carbocycles. The highest BCUT2D eigenvalue weighted by Gasteiger charge is 2.32. The van der Waals surface area contributed by atoms with Crippen LogP contribution in [0.2, 0.25) is 0 Å². The Morgan fingerprint density at radius 1 is 1.13 bits per heavy atom. The molecule has 2 fully saturated rings. The molecular weight excluding hydrogens is 527 g/mol. The summed E-state index contributed by atoms with van der Waals surface area (Å²) in [6.45, 7) is 6.16. The third-order valence-electron chi connectivity index (χ3n) is 7.43. The van der Waals surface area contributed by atoms with Gasteiger partial charge in [-0.1, -0.05) is 6.07 Å². The number of aromatic nitrogens is 2. The normalized spacial score (nSPS) is 18.0. The highest BCUT2D eigenvalue weighted by Crippen LogP contribution is 2.38. The number of nitrogens with two attached hydrogens (primary N) is 1. The summed E-state index contributed by atoms with van der Waals surface area (Å²) in [4.78, 5) is 15.4. The minimum absolute atomic E-state index is 0.256. The summed E-state index contributed by atoms with van der Waals surface area (Å²) in [5.74, 6) is 1.70. The number of methoxy groups -OCH3 is 1. The molecule has 3 aromatic rings. The van der Waals surface area contributed by atoms with Crippen molar-refractivity contribution in [1.82, 2.24) is 14.9 Å². The van der Waals surface area contributed by atoms with Gasteiger partial charge in [-0.25, -0.2) is 9.97 Å². The Morgan fingerprint density at radius 3 is 2.59 bits per heavy atom. The van der Waals surface area contributed by atoms with Gasteiger partial charge in [0.25, 0.3) is 0 Å². The molecule has 0 aliphatic carbocycles. The smallest absolute Gasteiger partial charge is 0.405 e. The summed E-state index contributed by atoms with van der Waals surface area (Å²) < 4.78 is 52.6. The Hall–Kier alpha value is -2.73. The van der Waals surface area contributed by atoms with E-state index in [0.717, 1.165) is 73.7 Å². The number of likely N-dealkylation sites (tertiary alicyclic amines) is 1. The molecule has 210 valence electrons. The minimum Gasteiger partial charge on any atom is -0.405 e. The third kappa shape index (κ3) is 6.54. The second kappa shape index (κ2) is 12.2. The van der Waals surface area contributed by atoms with E-state index in [2.05, 4.69) is 15.9 Å². The Kier molecular flexibility index (Phi) is 8.70. The predicted molar refractivity (Wildman–Crippen MR) is 149 cm³/mol. The van der Waals surface area contributed by atoms with E-state index in [4.69, 9.17) is 25.2 Å². The van der Waals surface area contributed by atoms with Crippen molar-refractivity contribution in [3.8, 4) is 11.4 Å². The van der Waals surface area contributed by atoms with E-state index in [0.29, 0.717) is 43.3 Å². The fourth-order valence-electron chi connectivity index (χ4n) is 5.27. The molecule has 2 N–H and O–H groups in total. The molecular formula is C28H34F3N5O2S. The molecule has 0 radical (unpaired) electrons. The van der Waals surface area contributed by atoms with Gasteiger partial charge in [0.2, 0.25) is 0 Å². The van der Waals surface area contributed by atoms with Crippen molar-refractivity contribution < 1.29 is 22.6 Å². The van der Waals surface area contributed by atoms with Crippen LogP contribution in [0.5, 0.6) is 0 Å². The molecule has 11 heteroatoms. The number of rotatable bonds is 8. The fraction of sp³-hybridized carbons (Fsp3) is 0.500. The zero-order chi connectivity index (χ0) is 27.4. The maximum absolute atomic E-state index is 13.6. The van der Waals surface area contributed by atoms with Crippen LogP contribution in [-0.4, -0.2) is 68.0 Å². The van der Waals surface area contributed by atoms with Gasteiger partial charge in [-0.15, -0.1) is 11.3 Å². The maximum Gasteiger partial charge on any atom is 0.416 e. The van der Waals surface area contributed by atoms with Crippen molar-refractivity contribution in [3.63, 3.8) is 0 Å². The molecule has 2 aliphatic rings. The molecule has 7 nitrogen and oxygen atoms in total. The van der Waals surface area contributed by atoms with E-state index < -0.39 is 11.7 Å². The van der Waals surface area contributed by atoms with E-state index in [-0.39, 0.29) is 5.82 Å². The van der Waals surface area contributed by atoms with E-state index in [1.165, 1.54) is 17.1 Å². The van der Waals surface area contributed by atoms with Crippen LogP contribution in [0.15, 0.2) is 30.5 Å². The lowest BCUT2D eigenvalue weighted by Crippen LogP contribution is -2.36. The quantitative estimate of drug-likeness (QED) is 0.395. The molecule has 2 aromatic heterocycles. The monoisotopic (exact) mass is 561 g/mol.